The van der Waals surface area contributed by atoms with Gasteiger partial charge in [0.05, 0.1) is 23.3 Å². The number of hydrogen-bond acceptors (Lipinski definition) is 4. The number of halogens is 1. The summed E-state index contributed by atoms with van der Waals surface area (Å²) in [6, 6.07) is 7.82. The summed E-state index contributed by atoms with van der Waals surface area (Å²) in [5, 5.41) is 0. The van der Waals surface area contributed by atoms with Gasteiger partial charge >= 0.3 is 0 Å². The van der Waals surface area contributed by atoms with Gasteiger partial charge in [-0.2, -0.15) is 0 Å². The Bertz CT molecular complexity index is 983. The average molecular weight is 391 g/mol. The molecule has 5 nitrogen and oxygen atoms in total. The number of sulfonamides is 1. The topological polar surface area (TPSA) is 63.7 Å². The Kier molecular flexibility index (Phi) is 6.05. The Labute approximate surface area is 159 Å². The van der Waals surface area contributed by atoms with Crippen LogP contribution in [0.2, 0.25) is 0 Å². The molecule has 0 bridgehead atoms. The van der Waals surface area contributed by atoms with E-state index in [1.165, 1.54) is 11.4 Å². The van der Waals surface area contributed by atoms with Crippen LogP contribution in [0, 0.1) is 12.7 Å². The first-order valence-corrected chi connectivity index (χ1v) is 9.73. The number of hydrogen-bond donors (Lipinski definition) is 0. The van der Waals surface area contributed by atoms with Gasteiger partial charge in [-0.15, -0.1) is 0 Å². The number of carbonyl (C=O) groups excluding carboxylic acids is 1. The van der Waals surface area contributed by atoms with E-state index in [1.807, 2.05) is 0 Å². The molecule has 7 heteroatoms. The zero-order valence-electron chi connectivity index (χ0n) is 15.7. The Morgan fingerprint density at radius 1 is 1.22 bits per heavy atom. The quantitative estimate of drug-likeness (QED) is 0.526. The molecule has 0 aliphatic carbocycles. The van der Waals surface area contributed by atoms with Crippen molar-refractivity contribution in [3.8, 4) is 5.75 Å². The molecular weight excluding hydrogens is 369 g/mol. The minimum atomic E-state index is -4.04. The highest BCUT2D eigenvalue weighted by Gasteiger charge is 2.29. The Balaban J connectivity index is 2.64. The van der Waals surface area contributed by atoms with Gasteiger partial charge in [0.2, 0.25) is 0 Å². The van der Waals surface area contributed by atoms with Crippen molar-refractivity contribution in [1.29, 1.82) is 0 Å². The summed E-state index contributed by atoms with van der Waals surface area (Å²) in [4.78, 5) is 11.7. The predicted octanol–water partition coefficient (Wildman–Crippen LogP) is 4.12. The molecular formula is C20H22FNO4S. The van der Waals surface area contributed by atoms with E-state index in [0.717, 1.165) is 24.3 Å². The molecule has 0 unspecified atom stereocenters. The standard InChI is InChI=1S/C20H22FNO4S/c1-6-20(23)17-12-16(8-9-18(17)21)27(24,25)22(13(2)3)19-10-7-15(26-5)11-14(19)4/h6-13H,1H2,2-5H3. The van der Waals surface area contributed by atoms with E-state index in [1.54, 1.807) is 39.0 Å². The average Bonchev–Trinajstić information content (AvgIpc) is 2.62. The molecule has 144 valence electrons. The first kappa shape index (κ1) is 20.6. The molecule has 27 heavy (non-hydrogen) atoms. The summed E-state index contributed by atoms with van der Waals surface area (Å²) in [5.74, 6) is -0.866. The van der Waals surface area contributed by atoms with Gasteiger partial charge in [0.1, 0.15) is 11.6 Å². The van der Waals surface area contributed by atoms with E-state index in [9.17, 15) is 17.6 Å². The number of ether oxygens (including phenoxy) is 1. The number of anilines is 1. The highest BCUT2D eigenvalue weighted by atomic mass is 32.2. The van der Waals surface area contributed by atoms with Crippen LogP contribution in [0.15, 0.2) is 53.9 Å². The van der Waals surface area contributed by atoms with Gasteiger partial charge in [-0.25, -0.2) is 12.8 Å². The molecule has 0 spiro atoms. The summed E-state index contributed by atoms with van der Waals surface area (Å²) in [7, 11) is -2.51. The summed E-state index contributed by atoms with van der Waals surface area (Å²) in [5.41, 5.74) is 0.851. The highest BCUT2D eigenvalue weighted by Crippen LogP contribution is 2.32. The fourth-order valence-corrected chi connectivity index (χ4v) is 4.52. The molecule has 0 aromatic heterocycles. The van der Waals surface area contributed by atoms with Crippen LogP contribution in [0.4, 0.5) is 10.1 Å². The zero-order chi connectivity index (χ0) is 20.4. The summed E-state index contributed by atoms with van der Waals surface area (Å²) in [6.45, 7) is 8.57. The monoisotopic (exact) mass is 391 g/mol. The zero-order valence-corrected chi connectivity index (χ0v) is 16.5. The third-order valence-corrected chi connectivity index (χ3v) is 6.04. The lowest BCUT2D eigenvalue weighted by Gasteiger charge is -2.30. The first-order valence-electron chi connectivity index (χ1n) is 8.29. The van der Waals surface area contributed by atoms with Crippen LogP contribution in [0.3, 0.4) is 0 Å². The van der Waals surface area contributed by atoms with E-state index in [0.29, 0.717) is 17.0 Å². The minimum Gasteiger partial charge on any atom is -0.497 e. The molecule has 2 aromatic carbocycles. The smallest absolute Gasteiger partial charge is 0.264 e. The normalized spacial score (nSPS) is 11.3. The van der Waals surface area contributed by atoms with Crippen molar-refractivity contribution in [2.24, 2.45) is 0 Å². The van der Waals surface area contributed by atoms with Crippen LogP contribution in [0.1, 0.15) is 29.8 Å². The number of ketones is 1. The Morgan fingerprint density at radius 2 is 1.89 bits per heavy atom. The van der Waals surface area contributed by atoms with Gasteiger partial charge < -0.3 is 4.74 Å². The molecule has 0 aliphatic rings. The van der Waals surface area contributed by atoms with Crippen LogP contribution in [0.25, 0.3) is 0 Å². The van der Waals surface area contributed by atoms with Crippen molar-refractivity contribution in [2.75, 3.05) is 11.4 Å². The molecule has 2 rings (SSSR count). The fourth-order valence-electron chi connectivity index (χ4n) is 2.76. The molecule has 0 heterocycles. The van der Waals surface area contributed by atoms with Crippen molar-refractivity contribution >= 4 is 21.5 Å². The Hall–Kier alpha value is -2.67. The number of allylic oxidation sites excluding steroid dienone is 1. The maximum absolute atomic E-state index is 13.9. The Morgan fingerprint density at radius 3 is 2.41 bits per heavy atom. The van der Waals surface area contributed by atoms with Crippen LogP contribution >= 0.6 is 0 Å². The lowest BCUT2D eigenvalue weighted by molar-refractivity contribution is 0.104. The second-order valence-electron chi connectivity index (χ2n) is 6.26. The fraction of sp³-hybridized carbons (Fsp3) is 0.250. The lowest BCUT2D eigenvalue weighted by atomic mass is 10.1. The number of aryl methyl sites for hydroxylation is 1. The van der Waals surface area contributed by atoms with Crippen LogP contribution in [-0.4, -0.2) is 27.4 Å². The summed E-state index contributed by atoms with van der Waals surface area (Å²) >= 11 is 0. The summed E-state index contributed by atoms with van der Waals surface area (Å²) < 4.78 is 46.9. The summed E-state index contributed by atoms with van der Waals surface area (Å²) in [6.07, 6.45) is 0.947. The van der Waals surface area contributed by atoms with Crippen molar-refractivity contribution in [2.45, 2.75) is 31.7 Å². The first-order chi connectivity index (χ1) is 12.6. The molecule has 0 amide bonds. The molecule has 2 aromatic rings. The number of methoxy groups -OCH3 is 1. The lowest BCUT2D eigenvalue weighted by Crippen LogP contribution is -2.37. The number of benzene rings is 2. The number of rotatable bonds is 7. The molecule has 0 saturated heterocycles. The third kappa shape index (κ3) is 4.03. The van der Waals surface area contributed by atoms with Crippen LogP contribution in [-0.2, 0) is 10.0 Å². The van der Waals surface area contributed by atoms with Crippen LogP contribution in [0.5, 0.6) is 5.75 Å². The van der Waals surface area contributed by atoms with Gasteiger partial charge in [-0.3, -0.25) is 9.10 Å². The minimum absolute atomic E-state index is 0.169. The second kappa shape index (κ2) is 7.92. The number of nitrogens with zero attached hydrogens (tertiary/aromatic N) is 1. The van der Waals surface area contributed by atoms with E-state index in [-0.39, 0.29) is 10.5 Å². The molecule has 0 saturated carbocycles. The van der Waals surface area contributed by atoms with Gasteiger partial charge in [0.15, 0.2) is 5.78 Å². The van der Waals surface area contributed by atoms with Crippen LogP contribution < -0.4 is 9.04 Å². The predicted molar refractivity (Wildman–Crippen MR) is 103 cm³/mol. The van der Waals surface area contributed by atoms with Gasteiger partial charge in [0.25, 0.3) is 10.0 Å². The van der Waals surface area contributed by atoms with Gasteiger partial charge in [-0.05, 0) is 68.8 Å². The SMILES string of the molecule is C=CC(=O)c1cc(S(=O)(=O)N(c2ccc(OC)cc2C)C(C)C)ccc1F. The van der Waals surface area contributed by atoms with Gasteiger partial charge in [-0.1, -0.05) is 6.58 Å². The second-order valence-corrected chi connectivity index (χ2v) is 8.07. The largest absolute Gasteiger partial charge is 0.497 e. The van der Waals surface area contributed by atoms with Crippen molar-refractivity contribution < 1.29 is 22.3 Å². The maximum Gasteiger partial charge on any atom is 0.264 e. The van der Waals surface area contributed by atoms with E-state index >= 15 is 0 Å². The number of carbonyl (C=O) groups is 1. The van der Waals surface area contributed by atoms with Gasteiger partial charge in [0, 0.05) is 6.04 Å². The molecule has 0 fully saturated rings. The maximum atomic E-state index is 13.9. The molecule has 0 N–H and O–H groups in total. The molecule has 0 radical (unpaired) electrons. The van der Waals surface area contributed by atoms with Crippen molar-refractivity contribution in [3.05, 3.63) is 66.0 Å². The molecule has 0 atom stereocenters. The van der Waals surface area contributed by atoms with Crippen molar-refractivity contribution in [1.82, 2.24) is 0 Å². The highest BCUT2D eigenvalue weighted by molar-refractivity contribution is 7.92. The van der Waals surface area contributed by atoms with E-state index in [2.05, 4.69) is 6.58 Å². The third-order valence-electron chi connectivity index (χ3n) is 4.06. The van der Waals surface area contributed by atoms with Crippen molar-refractivity contribution in [3.63, 3.8) is 0 Å². The van der Waals surface area contributed by atoms with E-state index in [4.69, 9.17) is 4.74 Å². The molecule has 0 aliphatic heterocycles. The van der Waals surface area contributed by atoms with E-state index < -0.39 is 27.7 Å².